The van der Waals surface area contributed by atoms with Gasteiger partial charge in [-0.25, -0.2) is 0 Å². The number of rotatable bonds is 6. The highest BCUT2D eigenvalue weighted by atomic mass is 16.5. The molecule has 0 spiro atoms. The van der Waals surface area contributed by atoms with E-state index >= 15 is 0 Å². The van der Waals surface area contributed by atoms with Crippen LogP contribution in [0.25, 0.3) is 0 Å². The Morgan fingerprint density at radius 1 is 1.12 bits per heavy atom. The number of ether oxygens (including phenoxy) is 2. The van der Waals surface area contributed by atoms with Gasteiger partial charge < -0.3 is 19.7 Å². The molecule has 1 atom stereocenters. The molecule has 2 heterocycles. The third-order valence-corrected chi connectivity index (χ3v) is 5.45. The lowest BCUT2D eigenvalue weighted by molar-refractivity contribution is -0.124. The summed E-state index contributed by atoms with van der Waals surface area (Å²) in [5, 5.41) is 3.15. The quantitative estimate of drug-likeness (QED) is 0.837. The van der Waals surface area contributed by atoms with Crippen LogP contribution < -0.4 is 14.8 Å². The minimum Gasteiger partial charge on any atom is -0.497 e. The van der Waals surface area contributed by atoms with Gasteiger partial charge in [0.2, 0.25) is 0 Å². The molecule has 0 bridgehead atoms. The first-order valence-electron chi connectivity index (χ1n) is 9.63. The second-order valence-corrected chi connectivity index (χ2v) is 7.40. The number of piperidine rings is 2. The number of methoxy groups -OCH3 is 1. The van der Waals surface area contributed by atoms with Gasteiger partial charge >= 0.3 is 0 Å². The van der Waals surface area contributed by atoms with E-state index in [0.717, 1.165) is 31.7 Å². The van der Waals surface area contributed by atoms with E-state index in [1.165, 1.54) is 25.9 Å². The number of hydrogen-bond donors (Lipinski definition) is 1. The van der Waals surface area contributed by atoms with Crippen molar-refractivity contribution < 1.29 is 14.3 Å². The Kier molecular flexibility index (Phi) is 6.74. The maximum atomic E-state index is 12.2. The molecule has 26 heavy (non-hydrogen) atoms. The number of hydrogen-bond acceptors (Lipinski definition) is 5. The Balaban J connectivity index is 1.41. The Labute approximate surface area is 156 Å². The Morgan fingerprint density at radius 3 is 2.50 bits per heavy atom. The molecule has 1 aromatic carbocycles. The molecule has 0 aliphatic carbocycles. The summed E-state index contributed by atoms with van der Waals surface area (Å²) < 4.78 is 10.7. The number of carbonyl (C=O) groups is 1. The largest absolute Gasteiger partial charge is 0.497 e. The summed E-state index contributed by atoms with van der Waals surface area (Å²) in [6, 6.07) is 8.18. The number of benzene rings is 1. The molecule has 2 aliphatic heterocycles. The molecule has 0 unspecified atom stereocenters. The topological polar surface area (TPSA) is 54.0 Å². The molecule has 2 saturated heterocycles. The lowest BCUT2D eigenvalue weighted by Crippen LogP contribution is -2.53. The SMILES string of the molecule is COc1ccc(OCC(=O)N[C@H]2CCCN(C3CCN(C)CC3)C2)cc1. The summed E-state index contributed by atoms with van der Waals surface area (Å²) in [5.74, 6) is 1.41. The first-order valence-corrected chi connectivity index (χ1v) is 9.63. The minimum absolute atomic E-state index is 0.0453. The van der Waals surface area contributed by atoms with Gasteiger partial charge in [0.05, 0.1) is 7.11 Å². The zero-order valence-corrected chi connectivity index (χ0v) is 15.9. The van der Waals surface area contributed by atoms with Crippen LogP contribution in [0.5, 0.6) is 11.5 Å². The zero-order valence-electron chi connectivity index (χ0n) is 15.9. The molecular weight excluding hydrogens is 330 g/mol. The van der Waals surface area contributed by atoms with E-state index in [1.54, 1.807) is 7.11 Å². The van der Waals surface area contributed by atoms with Crippen molar-refractivity contribution in [1.82, 2.24) is 15.1 Å². The van der Waals surface area contributed by atoms with Crippen LogP contribution in [0, 0.1) is 0 Å². The van der Waals surface area contributed by atoms with Crippen LogP contribution in [0.3, 0.4) is 0 Å². The lowest BCUT2D eigenvalue weighted by Gasteiger charge is -2.41. The number of amides is 1. The summed E-state index contributed by atoms with van der Waals surface area (Å²) in [6.07, 6.45) is 4.67. The normalized spacial score (nSPS) is 22.8. The Morgan fingerprint density at radius 2 is 1.81 bits per heavy atom. The van der Waals surface area contributed by atoms with Crippen LogP contribution in [-0.4, -0.2) is 74.7 Å². The third-order valence-electron chi connectivity index (χ3n) is 5.45. The second-order valence-electron chi connectivity index (χ2n) is 7.40. The van der Waals surface area contributed by atoms with E-state index in [0.29, 0.717) is 11.8 Å². The molecule has 1 amide bonds. The average molecular weight is 361 g/mol. The van der Waals surface area contributed by atoms with Gasteiger partial charge in [-0.2, -0.15) is 0 Å². The predicted molar refractivity (Wildman–Crippen MR) is 102 cm³/mol. The van der Waals surface area contributed by atoms with Gasteiger partial charge in [-0.15, -0.1) is 0 Å². The summed E-state index contributed by atoms with van der Waals surface area (Å²) in [6.45, 7) is 4.52. The molecular formula is C20H31N3O3. The monoisotopic (exact) mass is 361 g/mol. The maximum absolute atomic E-state index is 12.2. The summed E-state index contributed by atoms with van der Waals surface area (Å²) in [5.41, 5.74) is 0. The van der Waals surface area contributed by atoms with Crippen molar-refractivity contribution in [2.24, 2.45) is 0 Å². The van der Waals surface area contributed by atoms with Gasteiger partial charge in [-0.1, -0.05) is 0 Å². The van der Waals surface area contributed by atoms with Crippen LogP contribution in [0.15, 0.2) is 24.3 Å². The van der Waals surface area contributed by atoms with Crippen LogP contribution >= 0.6 is 0 Å². The molecule has 1 N–H and O–H groups in total. The first kappa shape index (κ1) is 19.0. The summed E-state index contributed by atoms with van der Waals surface area (Å²) in [4.78, 5) is 17.2. The van der Waals surface area contributed by atoms with Crippen molar-refractivity contribution in [3.8, 4) is 11.5 Å². The van der Waals surface area contributed by atoms with E-state index in [9.17, 15) is 4.79 Å². The van der Waals surface area contributed by atoms with Gasteiger partial charge in [0.25, 0.3) is 5.91 Å². The van der Waals surface area contributed by atoms with E-state index < -0.39 is 0 Å². The second kappa shape index (κ2) is 9.24. The number of likely N-dealkylation sites (tertiary alicyclic amines) is 2. The lowest BCUT2D eigenvalue weighted by atomic mass is 9.98. The predicted octanol–water partition coefficient (Wildman–Crippen LogP) is 1.75. The van der Waals surface area contributed by atoms with E-state index in [2.05, 4.69) is 22.2 Å². The molecule has 6 nitrogen and oxygen atoms in total. The minimum atomic E-state index is -0.0453. The van der Waals surface area contributed by atoms with Gasteiger partial charge in [0, 0.05) is 18.6 Å². The standard InChI is InChI=1S/C20H31N3O3/c1-22-12-9-17(10-13-22)23-11-3-4-16(14-23)21-20(24)15-26-19-7-5-18(25-2)6-8-19/h5-8,16-17H,3-4,9-15H2,1-2H3,(H,21,24)/t16-/m0/s1. The molecule has 2 fully saturated rings. The Hall–Kier alpha value is -1.79. The molecule has 0 saturated carbocycles. The molecule has 144 valence electrons. The number of nitrogens with one attached hydrogen (secondary N) is 1. The molecule has 3 rings (SSSR count). The number of carbonyl (C=O) groups excluding carboxylic acids is 1. The van der Waals surface area contributed by atoms with Crippen LogP contribution in [0.1, 0.15) is 25.7 Å². The molecule has 6 heteroatoms. The number of nitrogens with zero attached hydrogens (tertiary/aromatic N) is 2. The van der Waals surface area contributed by atoms with Crippen LogP contribution in [0.4, 0.5) is 0 Å². The maximum Gasteiger partial charge on any atom is 0.258 e. The molecule has 0 aromatic heterocycles. The highest BCUT2D eigenvalue weighted by Crippen LogP contribution is 2.21. The van der Waals surface area contributed by atoms with E-state index in [4.69, 9.17) is 9.47 Å². The third kappa shape index (κ3) is 5.35. The molecule has 2 aliphatic rings. The van der Waals surface area contributed by atoms with Gasteiger partial charge in [-0.05, 0) is 76.6 Å². The summed E-state index contributed by atoms with van der Waals surface area (Å²) in [7, 11) is 3.82. The highest BCUT2D eigenvalue weighted by molar-refractivity contribution is 5.77. The van der Waals surface area contributed by atoms with Crippen molar-refractivity contribution in [1.29, 1.82) is 0 Å². The molecule has 0 radical (unpaired) electrons. The average Bonchev–Trinajstić information content (AvgIpc) is 2.67. The fourth-order valence-corrected chi connectivity index (χ4v) is 3.91. The van der Waals surface area contributed by atoms with Crippen molar-refractivity contribution in [2.45, 2.75) is 37.8 Å². The van der Waals surface area contributed by atoms with Gasteiger partial charge in [-0.3, -0.25) is 9.69 Å². The van der Waals surface area contributed by atoms with Crippen molar-refractivity contribution in [3.05, 3.63) is 24.3 Å². The van der Waals surface area contributed by atoms with Crippen molar-refractivity contribution in [3.63, 3.8) is 0 Å². The van der Waals surface area contributed by atoms with Crippen molar-refractivity contribution >= 4 is 5.91 Å². The van der Waals surface area contributed by atoms with Crippen LogP contribution in [-0.2, 0) is 4.79 Å². The highest BCUT2D eigenvalue weighted by Gasteiger charge is 2.28. The van der Waals surface area contributed by atoms with Crippen LogP contribution in [0.2, 0.25) is 0 Å². The van der Waals surface area contributed by atoms with Gasteiger partial charge in [0.1, 0.15) is 11.5 Å². The fraction of sp³-hybridized carbons (Fsp3) is 0.650. The van der Waals surface area contributed by atoms with E-state index in [-0.39, 0.29) is 18.6 Å². The fourth-order valence-electron chi connectivity index (χ4n) is 3.91. The Bertz CT molecular complexity index is 570. The summed E-state index contributed by atoms with van der Waals surface area (Å²) >= 11 is 0. The van der Waals surface area contributed by atoms with E-state index in [1.807, 2.05) is 24.3 Å². The van der Waals surface area contributed by atoms with Gasteiger partial charge in [0.15, 0.2) is 6.61 Å². The first-order chi connectivity index (χ1) is 12.6. The smallest absolute Gasteiger partial charge is 0.258 e. The molecule has 1 aromatic rings. The zero-order chi connectivity index (χ0) is 18.4. The van der Waals surface area contributed by atoms with Crippen molar-refractivity contribution in [2.75, 3.05) is 46.9 Å².